The normalized spacial score (nSPS) is 28.2. The molecule has 2 rings (SSSR count). The summed E-state index contributed by atoms with van der Waals surface area (Å²) < 4.78 is 34.0. The molecule has 1 aliphatic heterocycles. The molecule has 0 bridgehead atoms. The van der Waals surface area contributed by atoms with Crippen LogP contribution in [0.15, 0.2) is 0 Å². The van der Waals surface area contributed by atoms with Crippen LogP contribution >= 0.6 is 0 Å². The molecule has 90 valence electrons. The molecule has 1 atom stereocenters. The van der Waals surface area contributed by atoms with E-state index in [2.05, 4.69) is 0 Å². The molecule has 0 aromatic rings. The first kappa shape index (κ1) is 11.3. The van der Waals surface area contributed by atoms with Crippen LogP contribution in [0.25, 0.3) is 0 Å². The Morgan fingerprint density at radius 3 is 2.38 bits per heavy atom. The molecule has 1 N–H and O–H groups in total. The highest BCUT2D eigenvalue weighted by molar-refractivity contribution is 7.87. The molecule has 8 heteroatoms. The van der Waals surface area contributed by atoms with E-state index in [9.17, 15) is 21.9 Å². The predicted molar refractivity (Wildman–Crippen MR) is 49.7 cm³/mol. The van der Waals surface area contributed by atoms with Gasteiger partial charge in [-0.3, -0.25) is 4.79 Å². The molecule has 0 radical (unpaired) electrons. The Labute approximate surface area is 91.2 Å². The maximum Gasteiger partial charge on any atom is 0.329 e. The standard InChI is InChI=1S/C8H10FNO5S/c9-16(14,15)5-3-6(11)10(4-5)8(1-2-8)7(12)13/h5H,1-4H2,(H,12,13). The van der Waals surface area contributed by atoms with Crippen molar-refractivity contribution in [2.45, 2.75) is 30.1 Å². The number of carboxylic acid groups (broad SMARTS) is 1. The number of carboxylic acids is 1. The van der Waals surface area contributed by atoms with Gasteiger partial charge in [0.05, 0.1) is 0 Å². The Kier molecular flexibility index (Phi) is 2.23. The van der Waals surface area contributed by atoms with Crippen LogP contribution in [0, 0.1) is 0 Å². The van der Waals surface area contributed by atoms with Crippen LogP contribution in [-0.2, 0) is 19.8 Å². The highest BCUT2D eigenvalue weighted by Crippen LogP contribution is 2.44. The van der Waals surface area contributed by atoms with Gasteiger partial charge in [0, 0.05) is 13.0 Å². The Morgan fingerprint density at radius 1 is 1.50 bits per heavy atom. The van der Waals surface area contributed by atoms with Gasteiger partial charge in [-0.1, -0.05) is 0 Å². The summed E-state index contributed by atoms with van der Waals surface area (Å²) in [6, 6.07) is 0. The van der Waals surface area contributed by atoms with Crippen molar-refractivity contribution in [1.82, 2.24) is 4.90 Å². The van der Waals surface area contributed by atoms with E-state index in [1.807, 2.05) is 0 Å². The van der Waals surface area contributed by atoms with Crippen molar-refractivity contribution in [3.05, 3.63) is 0 Å². The van der Waals surface area contributed by atoms with Crippen LogP contribution in [0.4, 0.5) is 3.89 Å². The van der Waals surface area contributed by atoms with E-state index in [0.29, 0.717) is 12.8 Å². The number of nitrogens with zero attached hydrogens (tertiary/aromatic N) is 1. The summed E-state index contributed by atoms with van der Waals surface area (Å²) in [5, 5.41) is 7.51. The molecule has 2 fully saturated rings. The lowest BCUT2D eigenvalue weighted by molar-refractivity contribution is -0.150. The molecule has 0 spiro atoms. The second-order valence-corrected chi connectivity index (χ2v) is 5.76. The number of rotatable bonds is 3. The summed E-state index contributed by atoms with van der Waals surface area (Å²) in [7, 11) is -4.78. The van der Waals surface area contributed by atoms with Crippen molar-refractivity contribution in [2.75, 3.05) is 6.54 Å². The Balaban J connectivity index is 2.21. The first-order valence-corrected chi connectivity index (χ1v) is 6.19. The average molecular weight is 251 g/mol. The fourth-order valence-corrected chi connectivity index (χ4v) is 2.66. The van der Waals surface area contributed by atoms with Crippen LogP contribution < -0.4 is 0 Å². The van der Waals surface area contributed by atoms with Crippen LogP contribution in [0.3, 0.4) is 0 Å². The van der Waals surface area contributed by atoms with Gasteiger partial charge in [0.15, 0.2) is 0 Å². The summed E-state index contributed by atoms with van der Waals surface area (Å²) in [4.78, 5) is 23.4. The van der Waals surface area contributed by atoms with E-state index in [1.165, 1.54) is 0 Å². The average Bonchev–Trinajstić information content (AvgIpc) is 2.84. The zero-order valence-corrected chi connectivity index (χ0v) is 9.04. The van der Waals surface area contributed by atoms with E-state index in [1.54, 1.807) is 0 Å². The molecule has 1 aliphatic carbocycles. The lowest BCUT2D eigenvalue weighted by atomic mass is 10.2. The van der Waals surface area contributed by atoms with E-state index in [0.717, 1.165) is 4.90 Å². The van der Waals surface area contributed by atoms with Crippen LogP contribution in [0.5, 0.6) is 0 Å². The summed E-state index contributed by atoms with van der Waals surface area (Å²) in [6.45, 7) is -0.357. The Bertz CT molecular complexity index is 455. The minimum atomic E-state index is -4.78. The monoisotopic (exact) mass is 251 g/mol. The third kappa shape index (κ3) is 1.57. The predicted octanol–water partition coefficient (Wildman–Crippen LogP) is -0.496. The van der Waals surface area contributed by atoms with E-state index in [4.69, 9.17) is 5.11 Å². The van der Waals surface area contributed by atoms with E-state index in [-0.39, 0.29) is 6.54 Å². The third-order valence-electron chi connectivity index (χ3n) is 3.13. The molecular weight excluding hydrogens is 241 g/mol. The van der Waals surface area contributed by atoms with Gasteiger partial charge >= 0.3 is 16.2 Å². The molecule has 0 aromatic heterocycles. The van der Waals surface area contributed by atoms with Gasteiger partial charge in [0.25, 0.3) is 0 Å². The smallest absolute Gasteiger partial charge is 0.329 e. The first-order valence-electron chi connectivity index (χ1n) is 4.75. The van der Waals surface area contributed by atoms with Crippen LogP contribution in [0.1, 0.15) is 19.3 Å². The van der Waals surface area contributed by atoms with Crippen molar-refractivity contribution in [3.63, 3.8) is 0 Å². The van der Waals surface area contributed by atoms with Gasteiger partial charge < -0.3 is 10.0 Å². The van der Waals surface area contributed by atoms with Gasteiger partial charge in [0.2, 0.25) is 5.91 Å². The Hall–Kier alpha value is -1.18. The minimum absolute atomic E-state index is 0.299. The van der Waals surface area contributed by atoms with Gasteiger partial charge in [-0.05, 0) is 12.8 Å². The molecule has 16 heavy (non-hydrogen) atoms. The fraction of sp³-hybridized carbons (Fsp3) is 0.750. The SMILES string of the molecule is O=C1CC(S(=O)(=O)F)CN1C1(C(=O)O)CC1. The third-order valence-corrected chi connectivity index (χ3v) is 4.24. The molecule has 1 heterocycles. The minimum Gasteiger partial charge on any atom is -0.479 e. The molecule has 1 amide bonds. The zero-order chi connectivity index (χ0) is 12.1. The molecular formula is C8H10FNO5S. The highest BCUT2D eigenvalue weighted by atomic mass is 32.3. The maximum absolute atomic E-state index is 12.7. The topological polar surface area (TPSA) is 91.8 Å². The molecule has 1 unspecified atom stereocenters. The lowest BCUT2D eigenvalue weighted by Gasteiger charge is -2.23. The zero-order valence-electron chi connectivity index (χ0n) is 8.22. The lowest BCUT2D eigenvalue weighted by Crippen LogP contribution is -2.45. The molecule has 2 aliphatic rings. The molecule has 6 nitrogen and oxygen atoms in total. The number of amides is 1. The summed E-state index contributed by atoms with van der Waals surface area (Å²) >= 11 is 0. The van der Waals surface area contributed by atoms with Crippen molar-refractivity contribution < 1.29 is 27.0 Å². The van der Waals surface area contributed by atoms with Crippen molar-refractivity contribution in [1.29, 1.82) is 0 Å². The quantitative estimate of drug-likeness (QED) is 0.683. The van der Waals surface area contributed by atoms with Gasteiger partial charge in [-0.15, -0.1) is 3.89 Å². The van der Waals surface area contributed by atoms with Gasteiger partial charge in [-0.2, -0.15) is 8.42 Å². The molecule has 0 aromatic carbocycles. The van der Waals surface area contributed by atoms with E-state index < -0.39 is 39.3 Å². The number of aliphatic carboxylic acids is 1. The summed E-state index contributed by atoms with van der Waals surface area (Å²) in [6.07, 6.45) is 0.133. The summed E-state index contributed by atoms with van der Waals surface area (Å²) in [5.74, 6) is -1.76. The second kappa shape index (κ2) is 3.16. The first-order chi connectivity index (χ1) is 7.27. The van der Waals surface area contributed by atoms with Crippen molar-refractivity contribution in [3.8, 4) is 0 Å². The van der Waals surface area contributed by atoms with E-state index >= 15 is 0 Å². The number of carbonyl (C=O) groups excluding carboxylic acids is 1. The number of hydrogen-bond acceptors (Lipinski definition) is 4. The van der Waals surface area contributed by atoms with Gasteiger partial charge in [0.1, 0.15) is 10.8 Å². The number of halogens is 1. The molecule has 1 saturated heterocycles. The van der Waals surface area contributed by atoms with Crippen LogP contribution in [-0.4, -0.2) is 47.6 Å². The second-order valence-electron chi connectivity index (χ2n) is 4.14. The number of carbonyl (C=O) groups is 2. The molecule has 1 saturated carbocycles. The fourth-order valence-electron chi connectivity index (χ4n) is 1.99. The van der Waals surface area contributed by atoms with Crippen LogP contribution in [0.2, 0.25) is 0 Å². The van der Waals surface area contributed by atoms with Crippen molar-refractivity contribution >= 4 is 22.1 Å². The van der Waals surface area contributed by atoms with Crippen molar-refractivity contribution in [2.24, 2.45) is 0 Å². The number of hydrogen-bond donors (Lipinski definition) is 1. The maximum atomic E-state index is 12.7. The highest BCUT2D eigenvalue weighted by Gasteiger charge is 2.60. The Morgan fingerprint density at radius 2 is 2.06 bits per heavy atom. The summed E-state index contributed by atoms with van der Waals surface area (Å²) in [5.41, 5.74) is -1.28. The number of likely N-dealkylation sites (tertiary alicyclic amines) is 1. The largest absolute Gasteiger partial charge is 0.479 e. The van der Waals surface area contributed by atoms with Gasteiger partial charge in [-0.25, -0.2) is 4.79 Å².